The van der Waals surface area contributed by atoms with Crippen LogP contribution >= 0.6 is 12.4 Å². The van der Waals surface area contributed by atoms with E-state index in [1.165, 1.54) is 12.8 Å². The summed E-state index contributed by atoms with van der Waals surface area (Å²) in [6, 6.07) is 0.329. The number of carbonyl (C=O) groups is 1. The first kappa shape index (κ1) is 14.8. The van der Waals surface area contributed by atoms with Crippen molar-refractivity contribution in [3.8, 4) is 0 Å². The van der Waals surface area contributed by atoms with E-state index in [1.807, 2.05) is 0 Å². The molecule has 0 spiro atoms. The van der Waals surface area contributed by atoms with E-state index in [0.717, 1.165) is 12.5 Å². The van der Waals surface area contributed by atoms with Gasteiger partial charge < -0.3 is 10.6 Å². The molecule has 3 nitrogen and oxygen atoms in total. The summed E-state index contributed by atoms with van der Waals surface area (Å²) in [5.74, 6) is 0.978. The summed E-state index contributed by atoms with van der Waals surface area (Å²) in [4.78, 5) is 11.7. The number of rotatable bonds is 5. The van der Waals surface area contributed by atoms with Gasteiger partial charge in [-0.1, -0.05) is 27.7 Å². The largest absolute Gasteiger partial charge is 0.351 e. The quantitative estimate of drug-likeness (QED) is 0.794. The molecule has 0 bridgehead atoms. The summed E-state index contributed by atoms with van der Waals surface area (Å²) in [6.07, 6.45) is 2.66. The van der Waals surface area contributed by atoms with Gasteiger partial charge >= 0.3 is 0 Å². The van der Waals surface area contributed by atoms with Crippen LogP contribution in [0.1, 0.15) is 40.5 Å². The van der Waals surface area contributed by atoms with E-state index in [0.29, 0.717) is 12.6 Å². The molecule has 0 heterocycles. The monoisotopic (exact) mass is 260 g/mol. The number of halogens is 1. The third kappa shape index (κ3) is 2.94. The first-order valence-electron chi connectivity index (χ1n) is 6.36. The Labute approximate surface area is 111 Å². The minimum absolute atomic E-state index is 0. The van der Waals surface area contributed by atoms with Gasteiger partial charge in [-0.3, -0.25) is 4.79 Å². The maximum Gasteiger partial charge on any atom is 0.234 e. The molecule has 0 saturated heterocycles. The topological polar surface area (TPSA) is 41.1 Å². The summed E-state index contributed by atoms with van der Waals surface area (Å²) in [7, 11) is 0. The Morgan fingerprint density at radius 3 is 2.12 bits per heavy atom. The molecule has 2 saturated carbocycles. The molecule has 0 aromatic carbocycles. The average Bonchev–Trinajstić information content (AvgIpc) is 3.03. The molecule has 2 fully saturated rings. The van der Waals surface area contributed by atoms with Gasteiger partial charge in [0.25, 0.3) is 0 Å². The zero-order valence-corrected chi connectivity index (χ0v) is 12.1. The highest BCUT2D eigenvalue weighted by Crippen LogP contribution is 2.62. The van der Waals surface area contributed by atoms with Crippen LogP contribution in [0.3, 0.4) is 0 Å². The van der Waals surface area contributed by atoms with E-state index in [9.17, 15) is 4.79 Å². The maximum atomic E-state index is 11.7. The van der Waals surface area contributed by atoms with E-state index in [-0.39, 0.29) is 29.1 Å². The molecule has 0 atom stereocenters. The highest BCUT2D eigenvalue weighted by molar-refractivity contribution is 5.85. The van der Waals surface area contributed by atoms with Crippen molar-refractivity contribution in [2.24, 2.45) is 16.7 Å². The molecule has 2 rings (SSSR count). The predicted molar refractivity (Wildman–Crippen MR) is 72.3 cm³/mol. The smallest absolute Gasteiger partial charge is 0.234 e. The molecular formula is C13H25ClN2O. The average molecular weight is 261 g/mol. The Bertz CT molecular complexity index is 284. The SMILES string of the molecule is CC1(C)C(NC(=O)CNCC2CC2)C1(C)C.Cl. The second kappa shape index (κ2) is 4.77. The first-order chi connectivity index (χ1) is 7.35. The molecule has 0 radical (unpaired) electrons. The van der Waals surface area contributed by atoms with Gasteiger partial charge in [-0.25, -0.2) is 0 Å². The van der Waals surface area contributed by atoms with E-state index >= 15 is 0 Å². The lowest BCUT2D eigenvalue weighted by Crippen LogP contribution is -2.37. The van der Waals surface area contributed by atoms with Gasteiger partial charge in [0.2, 0.25) is 5.91 Å². The first-order valence-corrected chi connectivity index (χ1v) is 6.36. The van der Waals surface area contributed by atoms with Gasteiger partial charge in [0.15, 0.2) is 0 Å². The van der Waals surface area contributed by atoms with E-state index < -0.39 is 0 Å². The van der Waals surface area contributed by atoms with Crippen LogP contribution in [0.4, 0.5) is 0 Å². The lowest BCUT2D eigenvalue weighted by molar-refractivity contribution is -0.120. The van der Waals surface area contributed by atoms with E-state index in [1.54, 1.807) is 0 Å². The summed E-state index contributed by atoms with van der Waals surface area (Å²) in [5.41, 5.74) is 0.471. The Morgan fingerprint density at radius 1 is 1.18 bits per heavy atom. The summed E-state index contributed by atoms with van der Waals surface area (Å²) in [5, 5.41) is 6.35. The molecule has 0 aliphatic heterocycles. The molecule has 0 aromatic rings. The fraction of sp³-hybridized carbons (Fsp3) is 0.923. The van der Waals surface area contributed by atoms with Crippen molar-refractivity contribution >= 4 is 18.3 Å². The van der Waals surface area contributed by atoms with Crippen LogP contribution in [0.15, 0.2) is 0 Å². The fourth-order valence-corrected chi connectivity index (χ4v) is 2.48. The predicted octanol–water partition coefficient (Wildman–Crippen LogP) is 1.96. The van der Waals surface area contributed by atoms with Crippen LogP contribution in [0.2, 0.25) is 0 Å². The third-order valence-corrected chi connectivity index (χ3v) is 4.74. The Kier molecular flexibility index (Phi) is 4.15. The van der Waals surface area contributed by atoms with Crippen molar-refractivity contribution in [3.63, 3.8) is 0 Å². The van der Waals surface area contributed by atoms with Crippen LogP contribution in [-0.4, -0.2) is 25.0 Å². The van der Waals surface area contributed by atoms with Gasteiger partial charge in [-0.05, 0) is 36.1 Å². The fourth-order valence-electron chi connectivity index (χ4n) is 2.48. The van der Waals surface area contributed by atoms with Gasteiger partial charge in [0, 0.05) is 6.04 Å². The molecule has 2 aliphatic carbocycles. The summed E-state index contributed by atoms with van der Waals surface area (Å²) >= 11 is 0. The molecule has 2 aliphatic rings. The zero-order valence-electron chi connectivity index (χ0n) is 11.3. The zero-order chi connectivity index (χ0) is 12.0. The number of hydrogen-bond donors (Lipinski definition) is 2. The molecule has 100 valence electrons. The Hall–Kier alpha value is -0.280. The third-order valence-electron chi connectivity index (χ3n) is 4.74. The minimum atomic E-state index is 0. The second-order valence-corrected chi connectivity index (χ2v) is 6.52. The highest BCUT2D eigenvalue weighted by Gasteiger charge is 2.65. The van der Waals surface area contributed by atoms with Crippen LogP contribution in [-0.2, 0) is 4.79 Å². The van der Waals surface area contributed by atoms with Crippen molar-refractivity contribution < 1.29 is 4.79 Å². The van der Waals surface area contributed by atoms with Crippen LogP contribution < -0.4 is 10.6 Å². The van der Waals surface area contributed by atoms with Gasteiger partial charge in [0.1, 0.15) is 0 Å². The Balaban J connectivity index is 0.00000144. The van der Waals surface area contributed by atoms with Crippen molar-refractivity contribution in [1.29, 1.82) is 0 Å². The van der Waals surface area contributed by atoms with Gasteiger partial charge in [-0.2, -0.15) is 0 Å². The van der Waals surface area contributed by atoms with E-state index in [4.69, 9.17) is 0 Å². The number of hydrogen-bond acceptors (Lipinski definition) is 2. The molecule has 2 N–H and O–H groups in total. The standard InChI is InChI=1S/C13H24N2O.ClH/c1-12(2)11(13(12,3)4)15-10(16)8-14-7-9-5-6-9;/h9,11,14H,5-8H2,1-4H3,(H,15,16);1H. The molecule has 0 unspecified atom stereocenters. The van der Waals surface area contributed by atoms with Crippen molar-refractivity contribution in [2.45, 2.75) is 46.6 Å². The molecule has 0 aromatic heterocycles. The van der Waals surface area contributed by atoms with E-state index in [2.05, 4.69) is 38.3 Å². The van der Waals surface area contributed by atoms with Gasteiger partial charge in [0.05, 0.1) is 6.54 Å². The Morgan fingerprint density at radius 2 is 1.71 bits per heavy atom. The number of carbonyl (C=O) groups excluding carboxylic acids is 1. The lowest BCUT2D eigenvalue weighted by Gasteiger charge is -2.07. The van der Waals surface area contributed by atoms with Crippen LogP contribution in [0.25, 0.3) is 0 Å². The number of amides is 1. The molecule has 17 heavy (non-hydrogen) atoms. The summed E-state index contributed by atoms with van der Waals surface area (Å²) < 4.78 is 0. The van der Waals surface area contributed by atoms with Crippen molar-refractivity contribution in [1.82, 2.24) is 10.6 Å². The van der Waals surface area contributed by atoms with Crippen LogP contribution in [0, 0.1) is 16.7 Å². The summed E-state index contributed by atoms with van der Waals surface area (Å²) in [6.45, 7) is 10.3. The maximum absolute atomic E-state index is 11.7. The molecular weight excluding hydrogens is 236 g/mol. The molecule has 4 heteroatoms. The second-order valence-electron chi connectivity index (χ2n) is 6.52. The van der Waals surface area contributed by atoms with Crippen LogP contribution in [0.5, 0.6) is 0 Å². The highest BCUT2D eigenvalue weighted by atomic mass is 35.5. The van der Waals surface area contributed by atoms with Crippen molar-refractivity contribution in [3.05, 3.63) is 0 Å². The number of nitrogens with one attached hydrogen (secondary N) is 2. The normalized spacial score (nSPS) is 24.9. The molecule has 1 amide bonds. The van der Waals surface area contributed by atoms with Crippen molar-refractivity contribution in [2.75, 3.05) is 13.1 Å². The van der Waals surface area contributed by atoms with Gasteiger partial charge in [-0.15, -0.1) is 12.4 Å². The lowest BCUT2D eigenvalue weighted by atomic mass is 10.0. The minimum Gasteiger partial charge on any atom is -0.351 e.